The van der Waals surface area contributed by atoms with Gasteiger partial charge in [0.15, 0.2) is 0 Å². The van der Waals surface area contributed by atoms with Gasteiger partial charge in [-0.1, -0.05) is 31.2 Å². The lowest BCUT2D eigenvalue weighted by Gasteiger charge is -1.97. The molecule has 1 heterocycles. The summed E-state index contributed by atoms with van der Waals surface area (Å²) in [5, 5.41) is 0. The van der Waals surface area contributed by atoms with E-state index in [0.29, 0.717) is 11.1 Å². The maximum absolute atomic E-state index is 11.4. The van der Waals surface area contributed by atoms with Crippen LogP contribution in [0.2, 0.25) is 0 Å². The van der Waals surface area contributed by atoms with Crippen LogP contribution in [0, 0.1) is 0 Å². The number of hydrogen-bond acceptors (Lipinski definition) is 3. The van der Waals surface area contributed by atoms with E-state index in [9.17, 15) is 9.59 Å². The van der Waals surface area contributed by atoms with Crippen LogP contribution >= 0.6 is 0 Å². The highest BCUT2D eigenvalue weighted by molar-refractivity contribution is 6.16. The van der Waals surface area contributed by atoms with Gasteiger partial charge in [0.2, 0.25) is 0 Å². The third-order valence-corrected chi connectivity index (χ3v) is 2.24. The molecule has 1 aliphatic heterocycles. The smallest absolute Gasteiger partial charge is 0.347 e. The van der Waals surface area contributed by atoms with E-state index in [4.69, 9.17) is 0 Å². The van der Waals surface area contributed by atoms with Gasteiger partial charge < -0.3 is 4.74 Å². The standard InChI is InChI=1S/C12H10O3/c1-2-3-5-8-6-4-7-9-10(8)12(14)15-11(9)13/h3-7H,2H2,1H3/b5-3+. The number of ether oxygens (including phenoxy) is 1. The highest BCUT2D eigenvalue weighted by Gasteiger charge is 2.30. The number of benzene rings is 1. The molecule has 0 N–H and O–H groups in total. The van der Waals surface area contributed by atoms with Gasteiger partial charge in [0.25, 0.3) is 0 Å². The van der Waals surface area contributed by atoms with Gasteiger partial charge in [-0.3, -0.25) is 0 Å². The van der Waals surface area contributed by atoms with Crippen LogP contribution in [0.5, 0.6) is 0 Å². The molecule has 2 rings (SSSR count). The zero-order valence-corrected chi connectivity index (χ0v) is 8.32. The van der Waals surface area contributed by atoms with Gasteiger partial charge in [0, 0.05) is 0 Å². The first-order valence-electron chi connectivity index (χ1n) is 4.80. The number of esters is 2. The van der Waals surface area contributed by atoms with Crippen molar-refractivity contribution in [2.24, 2.45) is 0 Å². The van der Waals surface area contributed by atoms with E-state index in [2.05, 4.69) is 4.74 Å². The predicted molar refractivity (Wildman–Crippen MR) is 55.5 cm³/mol. The Labute approximate surface area is 87.4 Å². The number of carbonyl (C=O) groups excluding carboxylic acids is 2. The summed E-state index contributed by atoms with van der Waals surface area (Å²) >= 11 is 0. The molecule has 0 saturated carbocycles. The largest absolute Gasteiger partial charge is 0.386 e. The fourth-order valence-electron chi connectivity index (χ4n) is 1.54. The van der Waals surface area contributed by atoms with Crippen LogP contribution in [0.4, 0.5) is 0 Å². The van der Waals surface area contributed by atoms with Crippen molar-refractivity contribution in [3.05, 3.63) is 41.0 Å². The second-order valence-electron chi connectivity index (χ2n) is 3.26. The summed E-state index contributed by atoms with van der Waals surface area (Å²) in [7, 11) is 0. The van der Waals surface area contributed by atoms with Gasteiger partial charge in [-0.15, -0.1) is 0 Å². The number of carbonyl (C=O) groups is 2. The van der Waals surface area contributed by atoms with Crippen molar-refractivity contribution in [1.29, 1.82) is 0 Å². The zero-order valence-electron chi connectivity index (χ0n) is 8.32. The van der Waals surface area contributed by atoms with Crippen molar-refractivity contribution in [3.8, 4) is 0 Å². The molecule has 0 radical (unpaired) electrons. The Hall–Kier alpha value is -1.90. The Kier molecular flexibility index (Phi) is 2.37. The number of cyclic esters (lactones) is 2. The maximum Gasteiger partial charge on any atom is 0.347 e. The van der Waals surface area contributed by atoms with Crippen LogP contribution in [0.3, 0.4) is 0 Å². The van der Waals surface area contributed by atoms with Crippen molar-refractivity contribution in [2.45, 2.75) is 13.3 Å². The second-order valence-corrected chi connectivity index (χ2v) is 3.26. The average molecular weight is 202 g/mol. The molecule has 1 aliphatic rings. The van der Waals surface area contributed by atoms with E-state index in [-0.39, 0.29) is 0 Å². The van der Waals surface area contributed by atoms with E-state index >= 15 is 0 Å². The van der Waals surface area contributed by atoms with Crippen LogP contribution in [-0.4, -0.2) is 11.9 Å². The topological polar surface area (TPSA) is 43.4 Å². The number of fused-ring (bicyclic) bond motifs is 1. The first kappa shape index (κ1) is 9.65. The van der Waals surface area contributed by atoms with Crippen LogP contribution in [0.1, 0.15) is 39.6 Å². The predicted octanol–water partition coefficient (Wildman–Crippen LogP) is 2.42. The normalized spacial score (nSPS) is 14.5. The lowest BCUT2D eigenvalue weighted by molar-refractivity contribution is 0.0444. The third-order valence-electron chi connectivity index (χ3n) is 2.24. The highest BCUT2D eigenvalue weighted by Crippen LogP contribution is 2.24. The van der Waals surface area contributed by atoms with Gasteiger partial charge in [-0.05, 0) is 18.1 Å². The lowest BCUT2D eigenvalue weighted by atomic mass is 10.0. The van der Waals surface area contributed by atoms with Crippen LogP contribution in [0.15, 0.2) is 24.3 Å². The van der Waals surface area contributed by atoms with E-state index in [1.54, 1.807) is 18.2 Å². The van der Waals surface area contributed by atoms with Gasteiger partial charge in [-0.25, -0.2) is 9.59 Å². The number of hydrogen-bond donors (Lipinski definition) is 0. The summed E-state index contributed by atoms with van der Waals surface area (Å²) in [4.78, 5) is 22.6. The molecule has 0 bridgehead atoms. The Balaban J connectivity index is 2.55. The van der Waals surface area contributed by atoms with Gasteiger partial charge in [-0.2, -0.15) is 0 Å². The minimum Gasteiger partial charge on any atom is -0.386 e. The molecule has 0 fully saturated rings. The molecule has 76 valence electrons. The summed E-state index contributed by atoms with van der Waals surface area (Å²) < 4.78 is 4.54. The van der Waals surface area contributed by atoms with Gasteiger partial charge >= 0.3 is 11.9 Å². The zero-order chi connectivity index (χ0) is 10.8. The summed E-state index contributed by atoms with van der Waals surface area (Å²) in [5.74, 6) is -1.10. The summed E-state index contributed by atoms with van der Waals surface area (Å²) in [5.41, 5.74) is 1.48. The molecule has 15 heavy (non-hydrogen) atoms. The number of allylic oxidation sites excluding steroid dienone is 1. The highest BCUT2D eigenvalue weighted by atomic mass is 16.6. The average Bonchev–Trinajstić information content (AvgIpc) is 2.53. The molecular weight excluding hydrogens is 192 g/mol. The molecule has 0 aromatic heterocycles. The van der Waals surface area contributed by atoms with E-state index in [1.165, 1.54) is 0 Å². The molecule has 0 atom stereocenters. The minimum absolute atomic E-state index is 0.359. The molecule has 1 aromatic rings. The molecule has 3 heteroatoms. The Morgan fingerprint density at radius 2 is 2.07 bits per heavy atom. The van der Waals surface area contributed by atoms with Crippen molar-refractivity contribution in [1.82, 2.24) is 0 Å². The quantitative estimate of drug-likeness (QED) is 0.546. The fraction of sp³-hybridized carbons (Fsp3) is 0.167. The Morgan fingerprint density at radius 3 is 2.80 bits per heavy atom. The molecular formula is C12H10O3. The maximum atomic E-state index is 11.4. The van der Waals surface area contributed by atoms with Crippen LogP contribution in [0.25, 0.3) is 6.08 Å². The fourth-order valence-corrected chi connectivity index (χ4v) is 1.54. The van der Waals surface area contributed by atoms with Crippen LogP contribution in [-0.2, 0) is 4.74 Å². The molecule has 0 amide bonds. The molecule has 1 aromatic carbocycles. The van der Waals surface area contributed by atoms with Crippen molar-refractivity contribution < 1.29 is 14.3 Å². The molecule has 0 aliphatic carbocycles. The summed E-state index contributed by atoms with van der Waals surface area (Å²) in [6, 6.07) is 5.14. The van der Waals surface area contributed by atoms with Crippen LogP contribution < -0.4 is 0 Å². The summed E-state index contributed by atoms with van der Waals surface area (Å²) in [6.45, 7) is 2.00. The lowest BCUT2D eigenvalue weighted by Crippen LogP contribution is -1.98. The van der Waals surface area contributed by atoms with Crippen molar-refractivity contribution in [3.63, 3.8) is 0 Å². The number of rotatable bonds is 2. The monoisotopic (exact) mass is 202 g/mol. The third kappa shape index (κ3) is 1.56. The second kappa shape index (κ2) is 3.69. The van der Waals surface area contributed by atoms with Crippen molar-refractivity contribution in [2.75, 3.05) is 0 Å². The summed E-state index contributed by atoms with van der Waals surface area (Å²) in [6.07, 6.45) is 4.65. The molecule has 3 nitrogen and oxygen atoms in total. The SMILES string of the molecule is CC/C=C/c1cccc2c1C(=O)OC2=O. The van der Waals surface area contributed by atoms with Crippen molar-refractivity contribution >= 4 is 18.0 Å². The van der Waals surface area contributed by atoms with E-state index < -0.39 is 11.9 Å². The van der Waals surface area contributed by atoms with Gasteiger partial charge in [0.1, 0.15) is 0 Å². The Morgan fingerprint density at radius 1 is 1.27 bits per heavy atom. The van der Waals surface area contributed by atoms with E-state index in [1.807, 2.05) is 19.1 Å². The first-order valence-corrected chi connectivity index (χ1v) is 4.80. The van der Waals surface area contributed by atoms with Gasteiger partial charge in [0.05, 0.1) is 11.1 Å². The Bertz CT molecular complexity index is 458. The van der Waals surface area contributed by atoms with E-state index in [0.717, 1.165) is 12.0 Å². The molecule has 0 unspecified atom stereocenters. The first-order chi connectivity index (χ1) is 7.24. The molecule has 0 saturated heterocycles. The molecule has 0 spiro atoms. The minimum atomic E-state index is -0.554.